The third-order valence-corrected chi connectivity index (χ3v) is 17.2. The number of carbonyl (C=O) groups excluding carboxylic acids is 2. The second kappa shape index (κ2) is 26.4. The van der Waals surface area contributed by atoms with Crippen molar-refractivity contribution in [3.05, 3.63) is 157 Å². The Kier molecular flexibility index (Phi) is 21.0. The lowest BCUT2D eigenvalue weighted by molar-refractivity contribution is 0.0210. The van der Waals surface area contributed by atoms with Crippen LogP contribution in [0.1, 0.15) is 79.9 Å². The summed E-state index contributed by atoms with van der Waals surface area (Å²) in [6.45, 7) is 0. The molecule has 1 fully saturated rings. The van der Waals surface area contributed by atoms with Crippen molar-refractivity contribution in [2.24, 2.45) is 0 Å². The van der Waals surface area contributed by atoms with Crippen molar-refractivity contribution in [2.45, 2.75) is 70.2 Å². The highest BCUT2D eigenvalue weighted by atomic mass is 79.9. The van der Waals surface area contributed by atoms with Gasteiger partial charge in [-0.15, -0.1) is 0 Å². The van der Waals surface area contributed by atoms with E-state index >= 15 is 0 Å². The summed E-state index contributed by atoms with van der Waals surface area (Å²) in [7, 11) is -5.62. The number of aromatic carboxylic acids is 1. The van der Waals surface area contributed by atoms with Gasteiger partial charge in [0, 0.05) is 50.6 Å². The molecule has 24 heteroatoms. The fourth-order valence-electron chi connectivity index (χ4n) is 7.13. The van der Waals surface area contributed by atoms with E-state index in [0.717, 1.165) is 31.9 Å². The van der Waals surface area contributed by atoms with Crippen molar-refractivity contribution < 1.29 is 68.4 Å². The van der Waals surface area contributed by atoms with Gasteiger partial charge in [0.2, 0.25) is 0 Å². The maximum Gasteiger partial charge on any atom is 0.339 e. The van der Waals surface area contributed by atoms with Crippen molar-refractivity contribution in [1.82, 2.24) is 15.0 Å². The van der Waals surface area contributed by atoms with E-state index in [9.17, 15) is 39.6 Å². The van der Waals surface area contributed by atoms with Crippen LogP contribution in [0.15, 0.2) is 138 Å². The smallest absolute Gasteiger partial charge is 0.339 e. The topological polar surface area (TPSA) is 259 Å². The molecule has 0 bridgehead atoms. The van der Waals surface area contributed by atoms with Crippen molar-refractivity contribution in [2.75, 3.05) is 28.4 Å². The average molecular weight is 1250 g/mol. The molecule has 0 atom stereocenters. The number of ether oxygens (including phenoxy) is 5. The third kappa shape index (κ3) is 16.6. The van der Waals surface area contributed by atoms with Gasteiger partial charge in [-0.2, -0.15) is 0 Å². The molecule has 1 aliphatic carbocycles. The Balaban J connectivity index is 0.000000205. The molecular formula is C49H48Br3N3O15S3. The van der Waals surface area contributed by atoms with Crippen LogP contribution in [0.2, 0.25) is 0 Å². The van der Waals surface area contributed by atoms with Gasteiger partial charge in [-0.05, 0) is 115 Å². The Morgan fingerprint density at radius 3 is 1.19 bits per heavy atom. The second-order valence-corrected chi connectivity index (χ2v) is 24.5. The highest BCUT2D eigenvalue weighted by Gasteiger charge is 2.25. The van der Waals surface area contributed by atoms with Crippen molar-refractivity contribution in [1.29, 1.82) is 0 Å². The van der Waals surface area contributed by atoms with Crippen molar-refractivity contribution in [3.8, 4) is 17.2 Å². The van der Waals surface area contributed by atoms with E-state index in [1.54, 1.807) is 36.4 Å². The highest BCUT2D eigenvalue weighted by molar-refractivity contribution is 9.11. The zero-order valence-electron chi connectivity index (χ0n) is 39.5. The van der Waals surface area contributed by atoms with Gasteiger partial charge in [0.1, 0.15) is 38.0 Å². The van der Waals surface area contributed by atoms with Crippen LogP contribution >= 0.6 is 47.8 Å². The van der Waals surface area contributed by atoms with Gasteiger partial charge in [-0.25, -0.2) is 39.6 Å². The number of nitrogens with zero attached hydrogens (tertiary/aromatic N) is 3. The minimum Gasteiger partial charge on any atom is -0.495 e. The van der Waals surface area contributed by atoms with E-state index in [1.165, 1.54) is 102 Å². The van der Waals surface area contributed by atoms with Crippen molar-refractivity contribution >= 4 is 95.2 Å². The van der Waals surface area contributed by atoms with Crippen molar-refractivity contribution in [3.63, 3.8) is 0 Å². The summed E-state index contributed by atoms with van der Waals surface area (Å²) in [6.07, 6.45) is 13.0. The molecule has 3 aromatic heterocycles. The number of rotatable bonds is 16. The lowest BCUT2D eigenvalue weighted by Gasteiger charge is -2.21. The van der Waals surface area contributed by atoms with Gasteiger partial charge in [0.25, 0.3) is 0 Å². The molecular weight excluding hydrogens is 1210 g/mol. The van der Waals surface area contributed by atoms with E-state index in [2.05, 4.69) is 67.5 Å². The molecule has 388 valence electrons. The van der Waals surface area contributed by atoms with Crippen LogP contribution in [0.3, 0.4) is 0 Å². The van der Waals surface area contributed by atoms with E-state index in [-0.39, 0.29) is 72.0 Å². The molecule has 7 rings (SSSR count). The van der Waals surface area contributed by atoms with E-state index < -0.39 is 47.4 Å². The summed E-state index contributed by atoms with van der Waals surface area (Å²) in [5.41, 5.74) is 1.49. The summed E-state index contributed by atoms with van der Waals surface area (Å²) < 4.78 is 104. The molecule has 0 spiro atoms. The van der Waals surface area contributed by atoms with Crippen LogP contribution in [0, 0.1) is 0 Å². The Bertz CT molecular complexity index is 3300. The minimum absolute atomic E-state index is 0.0325. The average Bonchev–Trinajstić information content (AvgIpc) is 3.36. The number of hydrogen-bond acceptors (Lipinski definition) is 17. The first-order valence-electron chi connectivity index (χ1n) is 21.6. The summed E-state index contributed by atoms with van der Waals surface area (Å²) in [5.74, 6) is -2.41. The fraction of sp³-hybridized carbons (Fsp3) is 0.265. The number of carbonyl (C=O) groups is 3. The number of methoxy groups -OCH3 is 4. The van der Waals surface area contributed by atoms with Gasteiger partial charge in [0.05, 0.1) is 62.4 Å². The molecule has 0 amide bonds. The molecule has 1 aliphatic rings. The Morgan fingerprint density at radius 1 is 0.507 bits per heavy atom. The summed E-state index contributed by atoms with van der Waals surface area (Å²) in [4.78, 5) is 46.7. The number of hydrogen-bond donors (Lipinski definition) is 1. The predicted molar refractivity (Wildman–Crippen MR) is 278 cm³/mol. The maximum atomic E-state index is 12.9. The standard InChI is InChI=1S/C20H22BrNO5S.C15H14BrNO5S.C14H12BrNO5S/c1-26-18-8-7-16(21)10-19(18)28(24,25)13-14-9-15(12-22-11-14)20(23)27-17-5-3-2-4-6-17;1-21-13-4-3-12(16)6-14(13)23(19,20)9-10-5-11(8-17-7-10)15(18)22-2;1-21-12-3-2-11(15)5-13(12)22(19,20)8-9-4-10(14(17)18)7-16-6-9/h7-12,17H,2-6,13H2,1H3;3-8H,9H2,1-2H3;2-7H,8H2,1H3,(H,17,18). The number of carboxylic acids is 1. The third-order valence-electron chi connectivity index (χ3n) is 10.6. The molecule has 0 saturated heterocycles. The number of carboxylic acid groups (broad SMARTS) is 1. The molecule has 1 saturated carbocycles. The zero-order chi connectivity index (χ0) is 53.5. The molecule has 73 heavy (non-hydrogen) atoms. The number of benzene rings is 3. The van der Waals surface area contributed by atoms with E-state index in [0.29, 0.717) is 30.1 Å². The molecule has 3 aromatic carbocycles. The first-order chi connectivity index (χ1) is 34.6. The zero-order valence-corrected chi connectivity index (χ0v) is 46.7. The lowest BCUT2D eigenvalue weighted by Crippen LogP contribution is -2.21. The number of pyridine rings is 3. The fourth-order valence-corrected chi connectivity index (χ4v) is 13.2. The normalized spacial score (nSPS) is 12.7. The summed E-state index contributed by atoms with van der Waals surface area (Å²) >= 11 is 9.76. The summed E-state index contributed by atoms with van der Waals surface area (Å²) in [5, 5.41) is 8.93. The van der Waals surface area contributed by atoms with Gasteiger partial charge in [0.15, 0.2) is 29.5 Å². The Morgan fingerprint density at radius 2 is 0.849 bits per heavy atom. The minimum atomic E-state index is -3.71. The summed E-state index contributed by atoms with van der Waals surface area (Å²) in [6, 6.07) is 18.5. The molecule has 0 aliphatic heterocycles. The molecule has 1 N–H and O–H groups in total. The number of esters is 2. The van der Waals surface area contributed by atoms with Crippen LogP contribution in [0.25, 0.3) is 0 Å². The molecule has 0 radical (unpaired) electrons. The van der Waals surface area contributed by atoms with Gasteiger partial charge in [-0.1, -0.05) is 54.2 Å². The number of halogens is 3. The quantitative estimate of drug-likeness (QED) is 0.0885. The molecule has 3 heterocycles. The first-order valence-corrected chi connectivity index (χ1v) is 29.0. The van der Waals surface area contributed by atoms with Crippen LogP contribution in [0.5, 0.6) is 17.2 Å². The second-order valence-electron chi connectivity index (χ2n) is 15.9. The van der Waals surface area contributed by atoms with Crippen LogP contribution < -0.4 is 14.2 Å². The van der Waals surface area contributed by atoms with Gasteiger partial charge < -0.3 is 28.8 Å². The first kappa shape index (κ1) is 58.1. The van der Waals surface area contributed by atoms with Gasteiger partial charge in [-0.3, -0.25) is 15.0 Å². The van der Waals surface area contributed by atoms with E-state index in [1.807, 2.05) is 0 Å². The Labute approximate surface area is 448 Å². The molecule has 18 nitrogen and oxygen atoms in total. The lowest BCUT2D eigenvalue weighted by atomic mass is 9.98. The molecule has 6 aromatic rings. The van der Waals surface area contributed by atoms with Crippen LogP contribution in [-0.4, -0.2) is 97.8 Å². The SMILES string of the molecule is COC(=O)c1cncc(CS(=O)(=O)c2cc(Br)ccc2OC)c1.COc1ccc(Br)cc1S(=O)(=O)Cc1cncc(C(=O)O)c1.COc1ccc(Br)cc1S(=O)(=O)Cc1cncc(C(=O)OC2CCCCC2)c1. The molecule has 0 unspecified atom stereocenters. The predicted octanol–water partition coefficient (Wildman–Crippen LogP) is 9.45. The Hall–Kier alpha value is -5.79. The number of aromatic nitrogens is 3. The number of sulfone groups is 3. The van der Waals surface area contributed by atoms with Gasteiger partial charge >= 0.3 is 17.9 Å². The largest absolute Gasteiger partial charge is 0.495 e. The van der Waals surface area contributed by atoms with Crippen LogP contribution in [-0.2, 0) is 56.2 Å². The van der Waals surface area contributed by atoms with Crippen LogP contribution in [0.4, 0.5) is 0 Å². The maximum absolute atomic E-state index is 12.9. The highest BCUT2D eigenvalue weighted by Crippen LogP contribution is 2.33. The van der Waals surface area contributed by atoms with E-state index in [4.69, 9.17) is 24.1 Å². The monoisotopic (exact) mass is 1250 g/mol.